The Hall–Kier alpha value is -1.68. The molecule has 0 saturated carbocycles. The van der Waals surface area contributed by atoms with Crippen molar-refractivity contribution in [2.24, 2.45) is 10.1 Å². The number of aliphatic imine (C=N–C) groups is 1. The van der Waals surface area contributed by atoms with Crippen molar-refractivity contribution >= 4 is 17.1 Å². The lowest BCUT2D eigenvalue weighted by Gasteiger charge is -2.24. The van der Waals surface area contributed by atoms with Crippen molar-refractivity contribution in [1.82, 2.24) is 5.01 Å². The highest BCUT2D eigenvalue weighted by atomic mass is 16.5. The summed E-state index contributed by atoms with van der Waals surface area (Å²) in [5.74, 6) is 0. The van der Waals surface area contributed by atoms with Crippen LogP contribution in [0.3, 0.4) is 0 Å². The van der Waals surface area contributed by atoms with Crippen molar-refractivity contribution in [3.63, 3.8) is 0 Å². The molecule has 0 atom stereocenters. The van der Waals surface area contributed by atoms with Crippen molar-refractivity contribution in [2.75, 3.05) is 26.3 Å². The zero-order valence-electron chi connectivity index (χ0n) is 12.8. The van der Waals surface area contributed by atoms with Crippen molar-refractivity contribution in [1.29, 1.82) is 0 Å². The first-order chi connectivity index (χ1) is 9.58. The first kappa shape index (κ1) is 14.7. The van der Waals surface area contributed by atoms with E-state index >= 15 is 0 Å². The minimum Gasteiger partial charge on any atom is -0.378 e. The number of nitrogens with zero attached hydrogens (tertiary/aromatic N) is 3. The number of morpholine rings is 1. The van der Waals surface area contributed by atoms with Crippen LogP contribution in [0.25, 0.3) is 0 Å². The topological polar surface area (TPSA) is 37.2 Å². The van der Waals surface area contributed by atoms with Gasteiger partial charge in [0.2, 0.25) is 0 Å². The van der Waals surface area contributed by atoms with Gasteiger partial charge >= 0.3 is 0 Å². The number of ether oxygens (including phenoxy) is 1. The van der Waals surface area contributed by atoms with Crippen LogP contribution in [0.4, 0.5) is 5.69 Å². The minimum atomic E-state index is 0.754. The first-order valence-electron chi connectivity index (χ1n) is 7.07. The second-order valence-electron chi connectivity index (χ2n) is 5.19. The van der Waals surface area contributed by atoms with E-state index in [1.165, 1.54) is 11.1 Å². The van der Waals surface area contributed by atoms with E-state index in [2.05, 4.69) is 42.2 Å². The zero-order valence-corrected chi connectivity index (χ0v) is 12.8. The predicted molar refractivity (Wildman–Crippen MR) is 84.2 cm³/mol. The Bertz CT molecular complexity index is 508. The molecule has 4 nitrogen and oxygen atoms in total. The lowest BCUT2D eigenvalue weighted by molar-refractivity contribution is 0.0394. The maximum atomic E-state index is 5.33. The predicted octanol–water partition coefficient (Wildman–Crippen LogP) is 3.10. The molecule has 2 rings (SSSR count). The van der Waals surface area contributed by atoms with Gasteiger partial charge in [-0.25, -0.2) is 0 Å². The summed E-state index contributed by atoms with van der Waals surface area (Å²) >= 11 is 0. The lowest BCUT2D eigenvalue weighted by atomic mass is 10.1. The van der Waals surface area contributed by atoms with Crippen LogP contribution >= 0.6 is 0 Å². The van der Waals surface area contributed by atoms with E-state index < -0.39 is 0 Å². The highest BCUT2D eigenvalue weighted by Gasteiger charge is 2.09. The molecule has 1 aromatic carbocycles. The molecular weight excluding hydrogens is 250 g/mol. The molecule has 1 aliphatic rings. The fourth-order valence-corrected chi connectivity index (χ4v) is 2.17. The SMILES string of the molecule is CC(=Nc1c(C)cccc1C)/C(C)=N\N1CCOCC1. The van der Waals surface area contributed by atoms with Crippen molar-refractivity contribution in [3.05, 3.63) is 29.3 Å². The fraction of sp³-hybridized carbons (Fsp3) is 0.500. The summed E-state index contributed by atoms with van der Waals surface area (Å²) in [5, 5.41) is 6.69. The van der Waals surface area contributed by atoms with Gasteiger partial charge in [-0.05, 0) is 38.8 Å². The van der Waals surface area contributed by atoms with Crippen molar-refractivity contribution in [3.8, 4) is 0 Å². The van der Waals surface area contributed by atoms with Gasteiger partial charge < -0.3 is 4.74 Å². The molecule has 0 aromatic heterocycles. The number of hydrogen-bond donors (Lipinski definition) is 0. The molecule has 0 radical (unpaired) electrons. The summed E-state index contributed by atoms with van der Waals surface area (Å²) in [6, 6.07) is 6.24. The average molecular weight is 273 g/mol. The molecule has 1 aromatic rings. The van der Waals surface area contributed by atoms with Gasteiger partial charge in [0.15, 0.2) is 0 Å². The summed E-state index contributed by atoms with van der Waals surface area (Å²) in [4.78, 5) is 4.75. The highest BCUT2D eigenvalue weighted by Crippen LogP contribution is 2.23. The largest absolute Gasteiger partial charge is 0.378 e. The number of benzene rings is 1. The van der Waals surface area contributed by atoms with Crippen LogP contribution in [0.5, 0.6) is 0 Å². The molecular formula is C16H23N3O. The van der Waals surface area contributed by atoms with Gasteiger partial charge in [0, 0.05) is 0 Å². The Kier molecular flexibility index (Phi) is 4.90. The van der Waals surface area contributed by atoms with Gasteiger partial charge in [-0.1, -0.05) is 18.2 Å². The summed E-state index contributed by atoms with van der Waals surface area (Å²) in [5.41, 5.74) is 5.39. The van der Waals surface area contributed by atoms with Crippen molar-refractivity contribution in [2.45, 2.75) is 27.7 Å². The Morgan fingerprint density at radius 1 is 1.05 bits per heavy atom. The number of rotatable bonds is 3. The Labute approximate surface area is 121 Å². The van der Waals surface area contributed by atoms with Crippen LogP contribution < -0.4 is 0 Å². The van der Waals surface area contributed by atoms with Crippen molar-refractivity contribution < 1.29 is 4.74 Å². The average Bonchev–Trinajstić information content (AvgIpc) is 2.44. The maximum Gasteiger partial charge on any atom is 0.0786 e. The summed E-state index contributed by atoms with van der Waals surface area (Å²) in [6.07, 6.45) is 0. The monoisotopic (exact) mass is 273 g/mol. The Balaban J connectivity index is 2.18. The minimum absolute atomic E-state index is 0.754. The van der Waals surface area contributed by atoms with E-state index in [1.54, 1.807) is 0 Å². The third-order valence-electron chi connectivity index (χ3n) is 3.52. The molecule has 0 spiro atoms. The van der Waals surface area contributed by atoms with Crippen LogP contribution in [-0.2, 0) is 4.74 Å². The Morgan fingerprint density at radius 2 is 1.65 bits per heavy atom. The van der Waals surface area contributed by atoms with Crippen LogP contribution in [0.2, 0.25) is 0 Å². The second kappa shape index (κ2) is 6.66. The van der Waals surface area contributed by atoms with Gasteiger partial charge in [0.05, 0.1) is 43.4 Å². The molecule has 1 aliphatic heterocycles. The van der Waals surface area contributed by atoms with E-state index in [-0.39, 0.29) is 0 Å². The van der Waals surface area contributed by atoms with Gasteiger partial charge in [-0.2, -0.15) is 5.10 Å². The van der Waals surface area contributed by atoms with E-state index in [4.69, 9.17) is 9.73 Å². The third kappa shape index (κ3) is 3.67. The molecule has 108 valence electrons. The molecule has 20 heavy (non-hydrogen) atoms. The zero-order chi connectivity index (χ0) is 14.5. The standard InChI is InChI=1S/C16H23N3O/c1-12-6-5-7-13(2)16(12)17-14(3)15(4)18-19-8-10-20-11-9-19/h5-7H,8-11H2,1-4H3/b17-14?,18-15-. The lowest BCUT2D eigenvalue weighted by Crippen LogP contribution is -2.33. The maximum absolute atomic E-state index is 5.33. The smallest absolute Gasteiger partial charge is 0.0786 e. The molecule has 0 amide bonds. The molecule has 0 bridgehead atoms. The molecule has 0 N–H and O–H groups in total. The Morgan fingerprint density at radius 3 is 2.25 bits per heavy atom. The number of para-hydroxylation sites is 1. The third-order valence-corrected chi connectivity index (χ3v) is 3.52. The number of hydrogen-bond acceptors (Lipinski definition) is 4. The molecule has 0 unspecified atom stereocenters. The van der Waals surface area contributed by atoms with Crippen LogP contribution in [0.1, 0.15) is 25.0 Å². The summed E-state index contributed by atoms with van der Waals surface area (Å²) in [6.45, 7) is 11.4. The van der Waals surface area contributed by atoms with Gasteiger partial charge in [-0.15, -0.1) is 0 Å². The highest BCUT2D eigenvalue weighted by molar-refractivity contribution is 6.41. The molecule has 0 aliphatic carbocycles. The molecule has 1 fully saturated rings. The second-order valence-corrected chi connectivity index (χ2v) is 5.19. The quantitative estimate of drug-likeness (QED) is 0.794. The van der Waals surface area contributed by atoms with Crippen LogP contribution in [0, 0.1) is 13.8 Å². The van der Waals surface area contributed by atoms with Gasteiger partial charge in [-0.3, -0.25) is 10.0 Å². The summed E-state index contributed by atoms with van der Waals surface area (Å²) < 4.78 is 5.33. The number of hydrazone groups is 1. The molecule has 4 heteroatoms. The van der Waals surface area contributed by atoms with E-state index in [0.29, 0.717) is 0 Å². The fourth-order valence-electron chi connectivity index (χ4n) is 2.17. The summed E-state index contributed by atoms with van der Waals surface area (Å²) in [7, 11) is 0. The van der Waals surface area contributed by atoms with E-state index in [1.807, 2.05) is 13.8 Å². The van der Waals surface area contributed by atoms with Crippen LogP contribution in [-0.4, -0.2) is 42.7 Å². The molecule has 1 heterocycles. The van der Waals surface area contributed by atoms with Gasteiger partial charge in [0.25, 0.3) is 0 Å². The normalized spacial score (nSPS) is 17.5. The van der Waals surface area contributed by atoms with E-state index in [0.717, 1.165) is 43.4 Å². The van der Waals surface area contributed by atoms with Crippen LogP contribution in [0.15, 0.2) is 28.3 Å². The van der Waals surface area contributed by atoms with Gasteiger partial charge in [0.1, 0.15) is 0 Å². The van der Waals surface area contributed by atoms with E-state index in [9.17, 15) is 0 Å². The molecule has 1 saturated heterocycles. The first-order valence-corrected chi connectivity index (χ1v) is 7.07. The number of aryl methyl sites for hydroxylation is 2.